The lowest BCUT2D eigenvalue weighted by molar-refractivity contribution is -0.119. The van der Waals surface area contributed by atoms with E-state index >= 15 is 0 Å². The first-order valence-electron chi connectivity index (χ1n) is 12.9. The fourth-order valence-corrected chi connectivity index (χ4v) is 8.24. The molecule has 2 saturated heterocycles. The van der Waals surface area contributed by atoms with Crippen LogP contribution in [0.2, 0.25) is 0 Å². The van der Waals surface area contributed by atoms with Crippen LogP contribution < -0.4 is 0 Å². The van der Waals surface area contributed by atoms with E-state index in [-0.39, 0.29) is 0 Å². The Kier molecular flexibility index (Phi) is 5.42. The number of fused-ring (bicyclic) bond motifs is 4. The van der Waals surface area contributed by atoms with Gasteiger partial charge in [0, 0.05) is 34.1 Å². The average Bonchev–Trinajstić information content (AvgIpc) is 3.53. The van der Waals surface area contributed by atoms with Crippen LogP contribution in [0.4, 0.5) is 0 Å². The maximum atomic E-state index is 11.8. The molecule has 3 atom stereocenters. The molecule has 0 radical (unpaired) electrons. The molecule has 2 bridgehead atoms. The number of carbonyl (C=O) groups excluding carboxylic acids is 1. The van der Waals surface area contributed by atoms with E-state index in [1.54, 1.807) is 18.1 Å². The number of aryl methyl sites for hydroxylation is 2. The van der Waals surface area contributed by atoms with Crippen LogP contribution in [0.5, 0.6) is 0 Å². The molecule has 2 aliphatic rings. The summed E-state index contributed by atoms with van der Waals surface area (Å²) in [6.07, 6.45) is 8.60. The number of piperidine rings is 1. The first-order valence-corrected chi connectivity index (χ1v) is 13.8. The van der Waals surface area contributed by atoms with Gasteiger partial charge in [-0.15, -0.1) is 11.3 Å². The highest BCUT2D eigenvalue weighted by molar-refractivity contribution is 7.19. The zero-order valence-corrected chi connectivity index (χ0v) is 22.4. The zero-order chi connectivity index (χ0) is 24.6. The monoisotopic (exact) mass is 489 g/mol. The summed E-state index contributed by atoms with van der Waals surface area (Å²) in [7, 11) is 0. The Hall–Kier alpha value is -2.51. The van der Waals surface area contributed by atoms with E-state index < -0.39 is 0 Å². The Labute approximate surface area is 210 Å². The lowest BCUT2D eigenvalue weighted by Gasteiger charge is -2.38. The summed E-state index contributed by atoms with van der Waals surface area (Å²) >= 11 is 1.96. The van der Waals surface area contributed by atoms with Crippen molar-refractivity contribution in [1.82, 2.24) is 24.5 Å². The van der Waals surface area contributed by atoms with Gasteiger partial charge in [0.1, 0.15) is 16.9 Å². The van der Waals surface area contributed by atoms with Gasteiger partial charge in [-0.1, -0.05) is 13.8 Å². The van der Waals surface area contributed by atoms with Gasteiger partial charge in [0.2, 0.25) is 0 Å². The smallest absolute Gasteiger partial charge is 0.158 e. The first kappa shape index (κ1) is 22.9. The van der Waals surface area contributed by atoms with Crippen LogP contribution in [0, 0.1) is 20.8 Å². The molecule has 35 heavy (non-hydrogen) atoms. The molecule has 6 heterocycles. The standard InChI is InChI=1S/C28H35N5OS/c1-14(2)23-24-18(6)26(19-9-20-7-8-21(10-19)32(20)11-15(3)34)35-28(24)31-25(23)22-12-33-27(29-13-30-33)17(5)16(22)4/h12-14,19-21,31H,7-11H2,1-6H3/t19-,20-,21?/m1/s1. The normalized spacial score (nSPS) is 22.8. The molecule has 6 rings (SSSR count). The van der Waals surface area contributed by atoms with Crippen molar-refractivity contribution in [1.29, 1.82) is 0 Å². The third-order valence-corrected chi connectivity index (χ3v) is 9.96. The molecule has 7 heteroatoms. The molecule has 0 spiro atoms. The van der Waals surface area contributed by atoms with Crippen molar-refractivity contribution < 1.29 is 4.79 Å². The molecular formula is C28H35N5OS. The van der Waals surface area contributed by atoms with Crippen LogP contribution in [0.15, 0.2) is 12.5 Å². The van der Waals surface area contributed by atoms with Gasteiger partial charge >= 0.3 is 0 Å². The molecule has 184 valence electrons. The van der Waals surface area contributed by atoms with Gasteiger partial charge in [-0.05, 0) is 87.5 Å². The number of ketones is 1. The number of pyridine rings is 1. The summed E-state index contributed by atoms with van der Waals surface area (Å²) in [6.45, 7) is 13.6. The van der Waals surface area contributed by atoms with Crippen molar-refractivity contribution in [3.8, 4) is 11.3 Å². The molecule has 0 amide bonds. The fourth-order valence-electron chi connectivity index (χ4n) is 6.89. The number of hydrogen-bond donors (Lipinski definition) is 1. The summed E-state index contributed by atoms with van der Waals surface area (Å²) in [4.78, 5) is 25.5. The molecule has 1 N–H and O–H groups in total. The van der Waals surface area contributed by atoms with E-state index in [4.69, 9.17) is 0 Å². The summed E-state index contributed by atoms with van der Waals surface area (Å²) in [5.74, 6) is 1.30. The van der Waals surface area contributed by atoms with Crippen molar-refractivity contribution in [2.45, 2.75) is 91.1 Å². The lowest BCUT2D eigenvalue weighted by atomic mass is 9.86. The molecule has 2 fully saturated rings. The highest BCUT2D eigenvalue weighted by Crippen LogP contribution is 2.50. The number of aromatic nitrogens is 4. The molecule has 0 aromatic carbocycles. The van der Waals surface area contributed by atoms with E-state index in [0.29, 0.717) is 36.2 Å². The number of nitrogens with zero attached hydrogens (tertiary/aromatic N) is 4. The number of hydrogen-bond acceptors (Lipinski definition) is 5. The molecule has 4 aromatic rings. The van der Waals surface area contributed by atoms with Crippen LogP contribution in [0.1, 0.15) is 85.4 Å². The van der Waals surface area contributed by atoms with Crippen LogP contribution in [-0.2, 0) is 4.79 Å². The number of carbonyl (C=O) groups is 1. The fraction of sp³-hybridized carbons (Fsp3) is 0.536. The van der Waals surface area contributed by atoms with Crippen molar-refractivity contribution in [2.24, 2.45) is 0 Å². The molecule has 4 aromatic heterocycles. The van der Waals surface area contributed by atoms with Crippen molar-refractivity contribution in [2.75, 3.05) is 6.54 Å². The van der Waals surface area contributed by atoms with Gasteiger partial charge in [0.05, 0.1) is 12.2 Å². The number of thiophene rings is 1. The molecule has 6 nitrogen and oxygen atoms in total. The number of aromatic amines is 1. The van der Waals surface area contributed by atoms with Gasteiger partial charge in [-0.25, -0.2) is 9.50 Å². The van der Waals surface area contributed by atoms with Gasteiger partial charge < -0.3 is 4.98 Å². The van der Waals surface area contributed by atoms with Crippen LogP contribution in [-0.4, -0.2) is 48.9 Å². The maximum Gasteiger partial charge on any atom is 0.158 e. The highest BCUT2D eigenvalue weighted by Gasteiger charge is 2.42. The van der Waals surface area contributed by atoms with Gasteiger partial charge in [0.15, 0.2) is 5.65 Å². The third kappa shape index (κ3) is 3.50. The Balaban J connectivity index is 1.43. The summed E-state index contributed by atoms with van der Waals surface area (Å²) in [5.41, 5.74) is 8.67. The SMILES string of the molecule is CC(=O)CN1C2CC[C@@H]1C[C@@H](c1sc3[nH]c(-c4cn5ncnc5c(C)c4C)c(C(C)C)c3c1C)C2. The van der Waals surface area contributed by atoms with E-state index in [1.165, 1.54) is 69.4 Å². The van der Waals surface area contributed by atoms with E-state index in [2.05, 4.69) is 60.8 Å². The highest BCUT2D eigenvalue weighted by atomic mass is 32.1. The van der Waals surface area contributed by atoms with Crippen LogP contribution in [0.3, 0.4) is 0 Å². The number of Topliss-reactive ketones (excluding diaryl/α,β-unsaturated/α-hetero) is 1. The molecular weight excluding hydrogens is 454 g/mol. The Morgan fingerprint density at radius 2 is 1.86 bits per heavy atom. The summed E-state index contributed by atoms with van der Waals surface area (Å²) < 4.78 is 1.90. The second kappa shape index (κ2) is 8.27. The summed E-state index contributed by atoms with van der Waals surface area (Å²) in [5, 5.41) is 5.85. The number of H-pyrrole nitrogens is 1. The minimum absolute atomic E-state index is 0.296. The molecule has 0 saturated carbocycles. The predicted molar refractivity (Wildman–Crippen MR) is 143 cm³/mol. The number of nitrogens with one attached hydrogen (secondary N) is 1. The van der Waals surface area contributed by atoms with E-state index in [9.17, 15) is 4.79 Å². The lowest BCUT2D eigenvalue weighted by Crippen LogP contribution is -2.44. The van der Waals surface area contributed by atoms with Crippen molar-refractivity contribution in [3.63, 3.8) is 0 Å². The molecule has 2 aliphatic heterocycles. The summed E-state index contributed by atoms with van der Waals surface area (Å²) in [6, 6.07) is 1.12. The quantitative estimate of drug-likeness (QED) is 0.358. The van der Waals surface area contributed by atoms with Gasteiger partial charge in [-0.2, -0.15) is 5.10 Å². The predicted octanol–water partition coefficient (Wildman–Crippen LogP) is 6.29. The van der Waals surface area contributed by atoms with Crippen molar-refractivity contribution in [3.05, 3.63) is 39.7 Å². The second-order valence-electron chi connectivity index (χ2n) is 11.1. The molecule has 1 unspecified atom stereocenters. The van der Waals surface area contributed by atoms with Gasteiger partial charge in [0.25, 0.3) is 0 Å². The Bertz CT molecular complexity index is 1440. The zero-order valence-electron chi connectivity index (χ0n) is 21.6. The number of rotatable bonds is 5. The van der Waals surface area contributed by atoms with E-state index in [1.807, 2.05) is 15.9 Å². The first-order chi connectivity index (χ1) is 16.7. The minimum atomic E-state index is 0.296. The average molecular weight is 490 g/mol. The van der Waals surface area contributed by atoms with Crippen molar-refractivity contribution >= 4 is 33.0 Å². The van der Waals surface area contributed by atoms with Gasteiger partial charge in [-0.3, -0.25) is 9.69 Å². The van der Waals surface area contributed by atoms with Crippen LogP contribution in [0.25, 0.3) is 27.1 Å². The van der Waals surface area contributed by atoms with E-state index in [0.717, 1.165) is 5.65 Å². The Morgan fingerprint density at radius 1 is 1.14 bits per heavy atom. The largest absolute Gasteiger partial charge is 0.346 e. The molecule has 0 aliphatic carbocycles. The second-order valence-corrected chi connectivity index (χ2v) is 12.2. The minimum Gasteiger partial charge on any atom is -0.346 e. The van der Waals surface area contributed by atoms with Crippen LogP contribution >= 0.6 is 11.3 Å². The Morgan fingerprint density at radius 3 is 2.51 bits per heavy atom. The topological polar surface area (TPSA) is 66.3 Å². The maximum absolute atomic E-state index is 11.8. The third-order valence-electron chi connectivity index (χ3n) is 8.59.